The molecule has 0 aliphatic carbocycles. The van der Waals surface area contributed by atoms with E-state index in [-0.39, 0.29) is 5.91 Å². The molecule has 0 spiro atoms. The van der Waals surface area contributed by atoms with Crippen LogP contribution in [0.5, 0.6) is 0 Å². The van der Waals surface area contributed by atoms with Gasteiger partial charge in [0.15, 0.2) is 0 Å². The molecule has 3 heterocycles. The monoisotopic (exact) mass is 330 g/mol. The van der Waals surface area contributed by atoms with Crippen molar-refractivity contribution >= 4 is 11.6 Å². The summed E-state index contributed by atoms with van der Waals surface area (Å²) in [5.74, 6) is 0.491. The third-order valence-electron chi connectivity index (χ3n) is 5.57. The highest BCUT2D eigenvalue weighted by atomic mass is 16.5. The second kappa shape index (κ2) is 6.47. The minimum absolute atomic E-state index is 0.122. The number of ether oxygens (including phenoxy) is 2. The molecule has 0 N–H and O–H groups in total. The van der Waals surface area contributed by atoms with Crippen molar-refractivity contribution in [3.8, 4) is 0 Å². The van der Waals surface area contributed by atoms with Gasteiger partial charge in [-0.15, -0.1) is 0 Å². The molecule has 1 amide bonds. The summed E-state index contributed by atoms with van der Waals surface area (Å²) in [5, 5.41) is 0. The Labute approximate surface area is 143 Å². The highest BCUT2D eigenvalue weighted by Gasteiger charge is 2.44. The van der Waals surface area contributed by atoms with Crippen molar-refractivity contribution in [1.82, 2.24) is 4.90 Å². The van der Waals surface area contributed by atoms with Crippen molar-refractivity contribution in [2.75, 3.05) is 50.9 Å². The Morgan fingerprint density at radius 3 is 2.79 bits per heavy atom. The van der Waals surface area contributed by atoms with Gasteiger partial charge in [-0.05, 0) is 31.4 Å². The van der Waals surface area contributed by atoms with Crippen LogP contribution in [0.25, 0.3) is 0 Å². The number of nitrogens with zero attached hydrogens (tertiary/aromatic N) is 2. The molecule has 1 aromatic rings. The fourth-order valence-electron chi connectivity index (χ4n) is 4.17. The van der Waals surface area contributed by atoms with Crippen LogP contribution in [0.2, 0.25) is 0 Å². The van der Waals surface area contributed by atoms with E-state index in [2.05, 4.69) is 23.1 Å². The molecule has 1 aromatic carbocycles. The number of morpholine rings is 1. The standard InChI is InChI=1S/C19H26N2O3/c1-19(7-4-10-24-19)18(22)21-14-15(13-20-8-11-23-12-9-20)16-5-2-3-6-17(16)21/h2-3,5-6,15H,4,7-14H2,1H3/t15-,19-/m0/s1. The maximum atomic E-state index is 13.1. The number of carbonyl (C=O) groups excluding carboxylic acids is 1. The van der Waals surface area contributed by atoms with E-state index < -0.39 is 5.60 Å². The molecule has 0 aromatic heterocycles. The molecule has 5 heteroatoms. The van der Waals surface area contributed by atoms with Gasteiger partial charge in [0.05, 0.1) is 13.2 Å². The SMILES string of the molecule is C[C@@]1(C(=O)N2C[C@H](CN3CCOCC3)c3ccccc32)CCCO1. The van der Waals surface area contributed by atoms with Crippen LogP contribution in [0.1, 0.15) is 31.2 Å². The van der Waals surface area contributed by atoms with Crippen molar-refractivity contribution in [3.63, 3.8) is 0 Å². The molecule has 0 saturated carbocycles. The van der Waals surface area contributed by atoms with Gasteiger partial charge < -0.3 is 14.4 Å². The van der Waals surface area contributed by atoms with Gasteiger partial charge in [-0.2, -0.15) is 0 Å². The largest absolute Gasteiger partial charge is 0.379 e. The first kappa shape index (κ1) is 16.1. The Morgan fingerprint density at radius 2 is 2.04 bits per heavy atom. The summed E-state index contributed by atoms with van der Waals surface area (Å²) in [6.45, 7) is 7.96. The minimum atomic E-state index is -0.652. The number of rotatable bonds is 3. The average Bonchev–Trinajstić information content (AvgIpc) is 3.21. The molecule has 5 nitrogen and oxygen atoms in total. The van der Waals surface area contributed by atoms with E-state index >= 15 is 0 Å². The minimum Gasteiger partial charge on any atom is -0.379 e. The van der Waals surface area contributed by atoms with Crippen LogP contribution in [-0.4, -0.2) is 62.4 Å². The van der Waals surface area contributed by atoms with Crippen molar-refractivity contribution in [2.45, 2.75) is 31.3 Å². The first-order valence-corrected chi connectivity index (χ1v) is 9.02. The van der Waals surface area contributed by atoms with Crippen LogP contribution in [0.15, 0.2) is 24.3 Å². The molecule has 24 heavy (non-hydrogen) atoms. The number of benzene rings is 1. The zero-order valence-corrected chi connectivity index (χ0v) is 14.4. The molecule has 4 rings (SSSR count). The highest BCUT2D eigenvalue weighted by molar-refractivity contribution is 6.01. The summed E-state index contributed by atoms with van der Waals surface area (Å²) in [7, 11) is 0. The van der Waals surface area contributed by atoms with E-state index in [1.165, 1.54) is 5.56 Å². The van der Waals surface area contributed by atoms with Crippen molar-refractivity contribution in [2.24, 2.45) is 0 Å². The normalized spacial score (nSPS) is 30.5. The third-order valence-corrected chi connectivity index (χ3v) is 5.57. The number of anilines is 1. The maximum absolute atomic E-state index is 13.1. The van der Waals surface area contributed by atoms with Crippen molar-refractivity contribution in [1.29, 1.82) is 0 Å². The summed E-state index contributed by atoms with van der Waals surface area (Å²) in [6, 6.07) is 8.34. The van der Waals surface area contributed by atoms with Crippen LogP contribution in [0.4, 0.5) is 5.69 Å². The average molecular weight is 330 g/mol. The van der Waals surface area contributed by atoms with Crippen LogP contribution in [0.3, 0.4) is 0 Å². The fraction of sp³-hybridized carbons (Fsp3) is 0.632. The molecule has 0 unspecified atom stereocenters. The Bertz CT molecular complexity index is 606. The van der Waals surface area contributed by atoms with Gasteiger partial charge >= 0.3 is 0 Å². The molecule has 2 fully saturated rings. The summed E-state index contributed by atoms with van der Waals surface area (Å²) in [4.78, 5) is 17.6. The summed E-state index contributed by atoms with van der Waals surface area (Å²) in [5.41, 5.74) is 1.71. The lowest BCUT2D eigenvalue weighted by atomic mass is 10.0. The molecular weight excluding hydrogens is 304 g/mol. The van der Waals surface area contributed by atoms with E-state index in [0.717, 1.165) is 57.9 Å². The molecule has 3 aliphatic heterocycles. The number of hydrogen-bond donors (Lipinski definition) is 0. The maximum Gasteiger partial charge on any atom is 0.258 e. The van der Waals surface area contributed by atoms with Gasteiger partial charge in [0.25, 0.3) is 5.91 Å². The highest BCUT2D eigenvalue weighted by Crippen LogP contribution is 2.39. The lowest BCUT2D eigenvalue weighted by Gasteiger charge is -2.30. The van der Waals surface area contributed by atoms with Crippen LogP contribution in [0, 0.1) is 0 Å². The second-order valence-corrected chi connectivity index (χ2v) is 7.27. The molecule has 130 valence electrons. The number of amides is 1. The number of fused-ring (bicyclic) bond motifs is 1. The molecule has 0 radical (unpaired) electrons. The predicted octanol–water partition coefficient (Wildman–Crippen LogP) is 2.02. The van der Waals surface area contributed by atoms with Gasteiger partial charge in [0, 0.05) is 44.4 Å². The number of hydrogen-bond acceptors (Lipinski definition) is 4. The van der Waals surface area contributed by atoms with E-state index in [1.54, 1.807) is 0 Å². The van der Waals surface area contributed by atoms with Crippen LogP contribution in [-0.2, 0) is 14.3 Å². The second-order valence-electron chi connectivity index (χ2n) is 7.27. The van der Waals surface area contributed by atoms with Crippen molar-refractivity contribution < 1.29 is 14.3 Å². The third kappa shape index (κ3) is 2.85. The first-order chi connectivity index (χ1) is 11.7. The van der Waals surface area contributed by atoms with E-state index in [0.29, 0.717) is 12.5 Å². The van der Waals surface area contributed by atoms with Crippen molar-refractivity contribution in [3.05, 3.63) is 29.8 Å². The van der Waals surface area contributed by atoms with Gasteiger partial charge in [0.1, 0.15) is 5.60 Å². The Morgan fingerprint density at radius 1 is 1.25 bits per heavy atom. The summed E-state index contributed by atoms with van der Waals surface area (Å²) < 4.78 is 11.2. The molecule has 3 aliphatic rings. The first-order valence-electron chi connectivity index (χ1n) is 9.02. The fourth-order valence-corrected chi connectivity index (χ4v) is 4.17. The van der Waals surface area contributed by atoms with E-state index in [9.17, 15) is 4.79 Å². The Hall–Kier alpha value is -1.43. The molecular formula is C19H26N2O3. The van der Waals surface area contributed by atoms with E-state index in [1.807, 2.05) is 17.9 Å². The predicted molar refractivity (Wildman–Crippen MR) is 92.4 cm³/mol. The smallest absolute Gasteiger partial charge is 0.258 e. The molecule has 2 saturated heterocycles. The zero-order valence-electron chi connectivity index (χ0n) is 14.4. The van der Waals surface area contributed by atoms with Crippen LogP contribution >= 0.6 is 0 Å². The lowest BCUT2D eigenvalue weighted by Crippen LogP contribution is -2.47. The lowest BCUT2D eigenvalue weighted by molar-refractivity contribution is -0.136. The Kier molecular flexibility index (Phi) is 4.33. The van der Waals surface area contributed by atoms with Gasteiger partial charge in [-0.1, -0.05) is 18.2 Å². The van der Waals surface area contributed by atoms with Gasteiger partial charge in [0.2, 0.25) is 0 Å². The number of carbonyl (C=O) groups is 1. The van der Waals surface area contributed by atoms with Crippen LogP contribution < -0.4 is 4.90 Å². The summed E-state index contributed by atoms with van der Waals surface area (Å²) >= 11 is 0. The zero-order chi connectivity index (χ0) is 16.6. The van der Waals surface area contributed by atoms with Gasteiger partial charge in [-0.3, -0.25) is 9.69 Å². The van der Waals surface area contributed by atoms with E-state index in [4.69, 9.17) is 9.47 Å². The topological polar surface area (TPSA) is 42.0 Å². The van der Waals surface area contributed by atoms with Gasteiger partial charge in [-0.25, -0.2) is 0 Å². The molecule has 2 atom stereocenters. The Balaban J connectivity index is 1.55. The molecule has 0 bridgehead atoms. The summed E-state index contributed by atoms with van der Waals surface area (Å²) in [6.07, 6.45) is 1.79. The quantitative estimate of drug-likeness (QED) is 0.850. The number of para-hydroxylation sites is 1.